The molecule has 0 N–H and O–H groups in total. The quantitative estimate of drug-likeness (QED) is 0.176. The molecule has 0 spiro atoms. The summed E-state index contributed by atoms with van der Waals surface area (Å²) >= 11 is 3.44. The first kappa shape index (κ1) is 23.1. The van der Waals surface area contributed by atoms with E-state index < -0.39 is 16.7 Å². The molecule has 1 aliphatic rings. The number of nitrogens with zero attached hydrogens (tertiary/aromatic N) is 2. The smallest absolute Gasteiger partial charge is 0.363 e. The van der Waals surface area contributed by atoms with Crippen LogP contribution in [0.2, 0.25) is 0 Å². The summed E-state index contributed by atoms with van der Waals surface area (Å²) in [7, 11) is 1.47. The van der Waals surface area contributed by atoms with Crippen LogP contribution in [-0.2, 0) is 16.1 Å². The fraction of sp³-hybridized carbons (Fsp3) is 0.0833. The zero-order valence-electron chi connectivity index (χ0n) is 17.7. The second-order valence-electron chi connectivity index (χ2n) is 7.06. The summed E-state index contributed by atoms with van der Waals surface area (Å²) < 4.78 is 31.0. The summed E-state index contributed by atoms with van der Waals surface area (Å²) in [6, 6.07) is 15.2. The summed E-state index contributed by atoms with van der Waals surface area (Å²) in [6.07, 6.45) is 1.49. The second-order valence-corrected chi connectivity index (χ2v) is 7.92. The Kier molecular flexibility index (Phi) is 6.69. The fourth-order valence-corrected chi connectivity index (χ4v) is 3.72. The van der Waals surface area contributed by atoms with Gasteiger partial charge >= 0.3 is 5.97 Å². The maximum Gasteiger partial charge on any atom is 0.363 e. The molecule has 8 nitrogen and oxygen atoms in total. The van der Waals surface area contributed by atoms with E-state index in [-0.39, 0.29) is 29.5 Å². The zero-order valence-corrected chi connectivity index (χ0v) is 19.2. The predicted molar refractivity (Wildman–Crippen MR) is 125 cm³/mol. The lowest BCUT2D eigenvalue weighted by Gasteiger charge is -2.13. The van der Waals surface area contributed by atoms with Crippen molar-refractivity contribution in [2.75, 3.05) is 7.11 Å². The number of aliphatic imine (C=N–C) groups is 1. The SMILES string of the molecule is COc1cc(/C=C2\N=C(c3ccccc3F)OC2=O)cc(Br)c1OCc1ccc([N+](=O)[O-])cc1. The van der Waals surface area contributed by atoms with E-state index in [1.165, 1.54) is 43.5 Å². The molecule has 4 rings (SSSR count). The Morgan fingerprint density at radius 2 is 1.91 bits per heavy atom. The van der Waals surface area contributed by atoms with Gasteiger partial charge in [0.15, 0.2) is 17.2 Å². The number of hydrogen-bond donors (Lipinski definition) is 0. The number of rotatable bonds is 7. The van der Waals surface area contributed by atoms with Crippen LogP contribution in [0.15, 0.2) is 75.8 Å². The van der Waals surface area contributed by atoms with Crippen LogP contribution in [-0.4, -0.2) is 23.9 Å². The standard InChI is InChI=1S/C24H16BrFN2O6/c1-32-21-12-15(11-20-24(29)34-23(27-20)17-4-2-3-5-19(17)26)10-18(25)22(21)33-13-14-6-8-16(9-7-14)28(30)31/h2-12H,13H2,1H3/b20-11-. The Bertz CT molecular complexity index is 1340. The van der Waals surface area contributed by atoms with Gasteiger partial charge in [0.25, 0.3) is 5.69 Å². The lowest BCUT2D eigenvalue weighted by atomic mass is 10.1. The number of carbonyl (C=O) groups excluding carboxylic acids is 1. The van der Waals surface area contributed by atoms with E-state index in [1.54, 1.807) is 30.3 Å². The Morgan fingerprint density at radius 3 is 2.59 bits per heavy atom. The number of carbonyl (C=O) groups is 1. The van der Waals surface area contributed by atoms with Crippen LogP contribution in [0.1, 0.15) is 16.7 Å². The topological polar surface area (TPSA) is 100 Å². The van der Waals surface area contributed by atoms with Crippen molar-refractivity contribution in [1.82, 2.24) is 0 Å². The molecule has 0 saturated carbocycles. The Hall–Kier alpha value is -4.05. The molecule has 0 atom stereocenters. The molecular formula is C24H16BrFN2O6. The average Bonchev–Trinajstić information content (AvgIpc) is 3.18. The fourth-order valence-electron chi connectivity index (χ4n) is 3.15. The molecule has 1 heterocycles. The highest BCUT2D eigenvalue weighted by atomic mass is 79.9. The highest BCUT2D eigenvalue weighted by Crippen LogP contribution is 2.38. The monoisotopic (exact) mass is 526 g/mol. The van der Waals surface area contributed by atoms with Crippen LogP contribution in [0, 0.1) is 15.9 Å². The van der Waals surface area contributed by atoms with Gasteiger partial charge in [-0.15, -0.1) is 0 Å². The maximum atomic E-state index is 14.0. The molecule has 0 unspecified atom stereocenters. The van der Waals surface area contributed by atoms with Crippen molar-refractivity contribution in [2.45, 2.75) is 6.61 Å². The number of nitro groups is 1. The molecule has 10 heteroatoms. The highest BCUT2D eigenvalue weighted by molar-refractivity contribution is 9.10. The predicted octanol–water partition coefficient (Wildman–Crippen LogP) is 5.43. The number of halogens is 2. The van der Waals surface area contributed by atoms with E-state index >= 15 is 0 Å². The lowest BCUT2D eigenvalue weighted by molar-refractivity contribution is -0.384. The van der Waals surface area contributed by atoms with Crippen LogP contribution in [0.25, 0.3) is 6.08 Å². The van der Waals surface area contributed by atoms with Crippen molar-refractivity contribution in [3.05, 3.63) is 103 Å². The van der Waals surface area contributed by atoms with Crippen molar-refractivity contribution < 1.29 is 28.3 Å². The van der Waals surface area contributed by atoms with Crippen LogP contribution >= 0.6 is 15.9 Å². The van der Waals surface area contributed by atoms with Gasteiger partial charge in [0, 0.05) is 12.1 Å². The van der Waals surface area contributed by atoms with Gasteiger partial charge in [-0.05, 0) is 69.5 Å². The third-order valence-corrected chi connectivity index (χ3v) is 5.40. The van der Waals surface area contributed by atoms with E-state index in [4.69, 9.17) is 14.2 Å². The minimum absolute atomic E-state index is 0.00625. The molecule has 0 amide bonds. The second kappa shape index (κ2) is 9.84. The van der Waals surface area contributed by atoms with E-state index in [0.29, 0.717) is 21.5 Å². The average molecular weight is 527 g/mol. The first-order chi connectivity index (χ1) is 16.4. The van der Waals surface area contributed by atoms with Crippen molar-refractivity contribution in [2.24, 2.45) is 4.99 Å². The number of hydrogen-bond acceptors (Lipinski definition) is 7. The van der Waals surface area contributed by atoms with Crippen LogP contribution < -0.4 is 9.47 Å². The number of nitro benzene ring substituents is 1. The molecule has 0 saturated heterocycles. The van der Waals surface area contributed by atoms with Gasteiger partial charge in [0.2, 0.25) is 5.90 Å². The molecule has 3 aromatic carbocycles. The van der Waals surface area contributed by atoms with Gasteiger partial charge in [0.05, 0.1) is 22.1 Å². The van der Waals surface area contributed by atoms with Gasteiger partial charge in [-0.2, -0.15) is 0 Å². The van der Waals surface area contributed by atoms with E-state index in [9.17, 15) is 19.3 Å². The molecule has 0 aromatic heterocycles. The molecule has 0 bridgehead atoms. The summed E-state index contributed by atoms with van der Waals surface area (Å²) in [5.41, 5.74) is 1.39. The molecule has 1 aliphatic heterocycles. The molecule has 0 fully saturated rings. The highest BCUT2D eigenvalue weighted by Gasteiger charge is 2.26. The number of benzene rings is 3. The van der Waals surface area contributed by atoms with Gasteiger partial charge in [-0.25, -0.2) is 14.2 Å². The molecule has 172 valence electrons. The number of methoxy groups -OCH3 is 1. The molecule has 34 heavy (non-hydrogen) atoms. The first-order valence-corrected chi connectivity index (χ1v) is 10.7. The number of cyclic esters (lactones) is 1. The van der Waals surface area contributed by atoms with Gasteiger partial charge < -0.3 is 14.2 Å². The normalized spacial score (nSPS) is 14.0. The maximum absolute atomic E-state index is 14.0. The summed E-state index contributed by atoms with van der Waals surface area (Å²) in [6.45, 7) is 0.149. The number of esters is 1. The summed E-state index contributed by atoms with van der Waals surface area (Å²) in [5.74, 6) is -0.565. The zero-order chi connectivity index (χ0) is 24.2. The van der Waals surface area contributed by atoms with Crippen molar-refractivity contribution in [1.29, 1.82) is 0 Å². The van der Waals surface area contributed by atoms with E-state index in [0.717, 1.165) is 5.56 Å². The third kappa shape index (κ3) is 4.96. The molecular weight excluding hydrogens is 511 g/mol. The largest absolute Gasteiger partial charge is 0.493 e. The minimum atomic E-state index is -0.702. The Labute approximate surface area is 201 Å². The first-order valence-electron chi connectivity index (χ1n) is 9.87. The molecule has 3 aromatic rings. The van der Waals surface area contributed by atoms with Gasteiger partial charge in [-0.3, -0.25) is 10.1 Å². The van der Waals surface area contributed by atoms with Crippen molar-refractivity contribution in [3.8, 4) is 11.5 Å². The van der Waals surface area contributed by atoms with E-state index in [2.05, 4.69) is 20.9 Å². The Balaban J connectivity index is 1.57. The molecule has 0 radical (unpaired) electrons. The summed E-state index contributed by atoms with van der Waals surface area (Å²) in [5, 5.41) is 10.8. The van der Waals surface area contributed by atoms with Crippen LogP contribution in [0.4, 0.5) is 10.1 Å². The minimum Gasteiger partial charge on any atom is -0.493 e. The lowest BCUT2D eigenvalue weighted by Crippen LogP contribution is -2.07. The molecule has 0 aliphatic carbocycles. The number of non-ortho nitro benzene ring substituents is 1. The van der Waals surface area contributed by atoms with Gasteiger partial charge in [0.1, 0.15) is 12.4 Å². The summed E-state index contributed by atoms with van der Waals surface area (Å²) in [4.78, 5) is 26.7. The van der Waals surface area contributed by atoms with Crippen LogP contribution in [0.5, 0.6) is 11.5 Å². The number of ether oxygens (including phenoxy) is 3. The third-order valence-electron chi connectivity index (χ3n) is 4.81. The van der Waals surface area contributed by atoms with Crippen molar-refractivity contribution in [3.63, 3.8) is 0 Å². The van der Waals surface area contributed by atoms with Gasteiger partial charge in [-0.1, -0.05) is 12.1 Å². The van der Waals surface area contributed by atoms with Crippen molar-refractivity contribution >= 4 is 39.6 Å². The Morgan fingerprint density at radius 1 is 1.18 bits per heavy atom. The van der Waals surface area contributed by atoms with Crippen LogP contribution in [0.3, 0.4) is 0 Å². The van der Waals surface area contributed by atoms with E-state index in [1.807, 2.05) is 0 Å².